The summed E-state index contributed by atoms with van der Waals surface area (Å²) in [4.78, 5) is 0. The third-order valence-electron chi connectivity index (χ3n) is 2.80. The molecule has 0 spiro atoms. The summed E-state index contributed by atoms with van der Waals surface area (Å²) in [6.07, 6.45) is 4.10. The first-order valence-corrected chi connectivity index (χ1v) is 3.82. The Balaban J connectivity index is 2.01. The zero-order valence-corrected chi connectivity index (χ0v) is 5.69. The van der Waals surface area contributed by atoms with Gasteiger partial charge in [0, 0.05) is 12.1 Å². The first-order valence-electron chi connectivity index (χ1n) is 3.82. The highest BCUT2D eigenvalue weighted by molar-refractivity contribution is 5.12. The summed E-state index contributed by atoms with van der Waals surface area (Å²) in [5, 5.41) is 3.49. The van der Waals surface area contributed by atoms with E-state index < -0.39 is 0 Å². The van der Waals surface area contributed by atoms with Crippen molar-refractivity contribution in [2.24, 2.45) is 11.7 Å². The van der Waals surface area contributed by atoms with Crippen molar-refractivity contribution in [1.29, 1.82) is 0 Å². The lowest BCUT2D eigenvalue weighted by Crippen LogP contribution is -2.43. The van der Waals surface area contributed by atoms with Gasteiger partial charge >= 0.3 is 0 Å². The fourth-order valence-electron chi connectivity index (χ4n) is 1.98. The van der Waals surface area contributed by atoms with Gasteiger partial charge in [0.2, 0.25) is 0 Å². The van der Waals surface area contributed by atoms with Crippen molar-refractivity contribution in [3.05, 3.63) is 0 Å². The Hall–Kier alpha value is -0.0800. The van der Waals surface area contributed by atoms with Crippen LogP contribution in [0, 0.1) is 5.92 Å². The summed E-state index contributed by atoms with van der Waals surface area (Å²) in [6, 6.07) is 0. The molecular weight excluding hydrogens is 112 g/mol. The molecule has 52 valence electrons. The molecule has 1 saturated carbocycles. The average Bonchev–Trinajstić information content (AvgIpc) is 2.62. The predicted molar refractivity (Wildman–Crippen MR) is 37.1 cm³/mol. The van der Waals surface area contributed by atoms with Gasteiger partial charge in [-0.05, 0) is 31.7 Å². The van der Waals surface area contributed by atoms with E-state index in [0.717, 1.165) is 12.5 Å². The van der Waals surface area contributed by atoms with Gasteiger partial charge in [-0.15, -0.1) is 0 Å². The molecule has 2 nitrogen and oxygen atoms in total. The lowest BCUT2D eigenvalue weighted by Gasteiger charge is -2.21. The Labute approximate surface area is 55.8 Å². The van der Waals surface area contributed by atoms with E-state index >= 15 is 0 Å². The monoisotopic (exact) mass is 126 g/mol. The van der Waals surface area contributed by atoms with Crippen molar-refractivity contribution < 1.29 is 0 Å². The van der Waals surface area contributed by atoms with Gasteiger partial charge in [0.15, 0.2) is 0 Å². The van der Waals surface area contributed by atoms with E-state index in [2.05, 4.69) is 5.32 Å². The molecule has 1 aliphatic heterocycles. The second kappa shape index (κ2) is 1.70. The Kier molecular flexibility index (Phi) is 1.08. The summed E-state index contributed by atoms with van der Waals surface area (Å²) in [7, 11) is 0. The summed E-state index contributed by atoms with van der Waals surface area (Å²) < 4.78 is 0. The van der Waals surface area contributed by atoms with Crippen molar-refractivity contribution >= 4 is 0 Å². The smallest absolute Gasteiger partial charge is 0.0336 e. The molecule has 2 rings (SSSR count). The number of hydrogen-bond acceptors (Lipinski definition) is 2. The maximum atomic E-state index is 5.62. The fourth-order valence-corrected chi connectivity index (χ4v) is 1.98. The number of hydrogen-bond donors (Lipinski definition) is 2. The Morgan fingerprint density at radius 3 is 3.11 bits per heavy atom. The number of nitrogens with two attached hydrogens (primary N) is 1. The third kappa shape index (κ3) is 0.700. The predicted octanol–water partition coefficient (Wildman–Crippen LogP) is 0.0872. The van der Waals surface area contributed by atoms with Crippen LogP contribution in [0.5, 0.6) is 0 Å². The van der Waals surface area contributed by atoms with Gasteiger partial charge in [0.1, 0.15) is 0 Å². The van der Waals surface area contributed by atoms with Crippen LogP contribution in [-0.4, -0.2) is 18.6 Å². The van der Waals surface area contributed by atoms with Gasteiger partial charge in [-0.1, -0.05) is 0 Å². The number of fused-ring (bicyclic) bond motifs is 1. The minimum Gasteiger partial charge on any atom is -0.329 e. The van der Waals surface area contributed by atoms with E-state index in [1.165, 1.54) is 25.8 Å². The molecule has 0 aromatic rings. The molecule has 2 fully saturated rings. The zero-order valence-electron chi connectivity index (χ0n) is 5.69. The Bertz CT molecular complexity index is 124. The standard InChI is InChI=1S/C7H14N2/c8-5-7-4-6(7)2-1-3-9-7/h6,9H,1-5,8H2. The van der Waals surface area contributed by atoms with E-state index in [9.17, 15) is 0 Å². The largest absolute Gasteiger partial charge is 0.329 e. The van der Waals surface area contributed by atoms with Crippen LogP contribution in [0.3, 0.4) is 0 Å². The summed E-state index contributed by atoms with van der Waals surface area (Å²) in [6.45, 7) is 2.03. The lowest BCUT2D eigenvalue weighted by atomic mass is 10.1. The number of piperidine rings is 1. The minimum absolute atomic E-state index is 0.415. The zero-order chi connectivity index (χ0) is 6.32. The second-order valence-electron chi connectivity index (χ2n) is 3.33. The van der Waals surface area contributed by atoms with Crippen LogP contribution in [0.2, 0.25) is 0 Å². The summed E-state index contributed by atoms with van der Waals surface area (Å²) in [5.74, 6) is 0.927. The van der Waals surface area contributed by atoms with Crippen molar-refractivity contribution in [1.82, 2.24) is 5.32 Å². The van der Waals surface area contributed by atoms with Crippen LogP contribution >= 0.6 is 0 Å². The van der Waals surface area contributed by atoms with Crippen LogP contribution < -0.4 is 11.1 Å². The fraction of sp³-hybridized carbons (Fsp3) is 1.00. The molecule has 2 atom stereocenters. The van der Waals surface area contributed by atoms with Crippen LogP contribution in [0.15, 0.2) is 0 Å². The molecule has 0 aromatic carbocycles. The molecule has 1 aliphatic carbocycles. The lowest BCUT2D eigenvalue weighted by molar-refractivity contribution is 0.392. The quantitative estimate of drug-likeness (QED) is 0.522. The first-order chi connectivity index (χ1) is 4.37. The van der Waals surface area contributed by atoms with Crippen LogP contribution in [0.1, 0.15) is 19.3 Å². The maximum absolute atomic E-state index is 5.62. The summed E-state index contributed by atoms with van der Waals surface area (Å²) in [5.41, 5.74) is 6.03. The molecule has 9 heavy (non-hydrogen) atoms. The summed E-state index contributed by atoms with van der Waals surface area (Å²) >= 11 is 0. The van der Waals surface area contributed by atoms with E-state index in [1.54, 1.807) is 0 Å². The van der Waals surface area contributed by atoms with Crippen LogP contribution in [0.4, 0.5) is 0 Å². The van der Waals surface area contributed by atoms with Gasteiger partial charge in [-0.3, -0.25) is 0 Å². The number of nitrogens with one attached hydrogen (secondary N) is 1. The highest BCUT2D eigenvalue weighted by Crippen LogP contribution is 2.47. The van der Waals surface area contributed by atoms with Crippen LogP contribution in [-0.2, 0) is 0 Å². The van der Waals surface area contributed by atoms with Crippen molar-refractivity contribution in [2.45, 2.75) is 24.8 Å². The minimum atomic E-state index is 0.415. The molecule has 0 radical (unpaired) electrons. The average molecular weight is 126 g/mol. The van der Waals surface area contributed by atoms with E-state index in [-0.39, 0.29) is 0 Å². The molecule has 0 aromatic heterocycles. The highest BCUT2D eigenvalue weighted by Gasteiger charge is 2.53. The topological polar surface area (TPSA) is 38.0 Å². The molecule has 2 unspecified atom stereocenters. The third-order valence-corrected chi connectivity index (χ3v) is 2.80. The molecule has 1 heterocycles. The molecule has 1 saturated heterocycles. The van der Waals surface area contributed by atoms with E-state index in [4.69, 9.17) is 5.73 Å². The molecule has 3 N–H and O–H groups in total. The molecule has 0 bridgehead atoms. The van der Waals surface area contributed by atoms with E-state index in [0.29, 0.717) is 5.54 Å². The van der Waals surface area contributed by atoms with Crippen molar-refractivity contribution in [3.63, 3.8) is 0 Å². The van der Waals surface area contributed by atoms with Gasteiger partial charge < -0.3 is 11.1 Å². The maximum Gasteiger partial charge on any atom is 0.0336 e. The van der Waals surface area contributed by atoms with Gasteiger partial charge in [-0.25, -0.2) is 0 Å². The van der Waals surface area contributed by atoms with Gasteiger partial charge in [-0.2, -0.15) is 0 Å². The highest BCUT2D eigenvalue weighted by atomic mass is 15.1. The normalized spacial score (nSPS) is 48.3. The van der Waals surface area contributed by atoms with E-state index in [1.807, 2.05) is 0 Å². The first kappa shape index (κ1) is 5.69. The molecule has 0 amide bonds. The Morgan fingerprint density at radius 2 is 2.56 bits per heavy atom. The van der Waals surface area contributed by atoms with Gasteiger partial charge in [0.25, 0.3) is 0 Å². The molecule has 2 heteroatoms. The second-order valence-corrected chi connectivity index (χ2v) is 3.33. The Morgan fingerprint density at radius 1 is 1.67 bits per heavy atom. The van der Waals surface area contributed by atoms with Crippen molar-refractivity contribution in [3.8, 4) is 0 Å². The molecular formula is C7H14N2. The molecule has 2 aliphatic rings. The SMILES string of the molecule is NCC12CC1CCCN2. The van der Waals surface area contributed by atoms with Crippen molar-refractivity contribution in [2.75, 3.05) is 13.1 Å². The number of rotatable bonds is 1. The van der Waals surface area contributed by atoms with Gasteiger partial charge in [0.05, 0.1) is 0 Å². The van der Waals surface area contributed by atoms with Crippen LogP contribution in [0.25, 0.3) is 0 Å².